The van der Waals surface area contributed by atoms with Gasteiger partial charge in [0.05, 0.1) is 0 Å². The maximum Gasteiger partial charge on any atom is 0.246 e. The van der Waals surface area contributed by atoms with Crippen LogP contribution in [-0.2, 0) is 11.3 Å². The third-order valence-electron chi connectivity index (χ3n) is 2.52. The smallest absolute Gasteiger partial charge is 0.246 e. The molecule has 0 saturated carbocycles. The van der Waals surface area contributed by atoms with Crippen LogP contribution in [0.2, 0.25) is 0 Å². The number of hydrogen-bond acceptors (Lipinski definition) is 3. The molecule has 0 bridgehead atoms. The predicted molar refractivity (Wildman–Crippen MR) is 81.8 cm³/mol. The van der Waals surface area contributed by atoms with Crippen molar-refractivity contribution in [2.24, 2.45) is 0 Å². The van der Waals surface area contributed by atoms with Crippen LogP contribution in [0.15, 0.2) is 46.5 Å². The Morgan fingerprint density at radius 2 is 2.21 bits per heavy atom. The zero-order valence-electron chi connectivity index (χ0n) is 10.4. The summed E-state index contributed by atoms with van der Waals surface area (Å²) in [5, 5.41) is 1.99. The van der Waals surface area contributed by atoms with E-state index in [1.165, 1.54) is 0 Å². The van der Waals surface area contributed by atoms with Crippen molar-refractivity contribution < 1.29 is 4.79 Å². The highest BCUT2D eigenvalue weighted by atomic mass is 79.9. The van der Waals surface area contributed by atoms with E-state index in [9.17, 15) is 4.79 Å². The fraction of sp³-hybridized carbons (Fsp3) is 0.143. The number of likely N-dealkylation sites (N-methyl/N-ethyl adjacent to an activating group) is 1. The molecule has 0 saturated heterocycles. The Morgan fingerprint density at radius 1 is 1.47 bits per heavy atom. The molecule has 0 aliphatic rings. The highest BCUT2D eigenvalue weighted by molar-refractivity contribution is 9.10. The minimum atomic E-state index is -0.0127. The summed E-state index contributed by atoms with van der Waals surface area (Å²) in [4.78, 5) is 18.6. The van der Waals surface area contributed by atoms with Crippen molar-refractivity contribution >= 4 is 39.2 Å². The molecule has 2 heterocycles. The van der Waals surface area contributed by atoms with E-state index in [0.29, 0.717) is 6.54 Å². The van der Waals surface area contributed by atoms with Gasteiger partial charge in [0.2, 0.25) is 5.91 Å². The van der Waals surface area contributed by atoms with Gasteiger partial charge in [0, 0.05) is 46.8 Å². The third-order valence-corrected chi connectivity index (χ3v) is 4.18. The second-order valence-electron chi connectivity index (χ2n) is 4.05. The van der Waals surface area contributed by atoms with Crippen molar-refractivity contribution in [1.29, 1.82) is 0 Å². The van der Waals surface area contributed by atoms with Crippen molar-refractivity contribution in [3.8, 4) is 0 Å². The Bertz CT molecular complexity index is 580. The van der Waals surface area contributed by atoms with E-state index < -0.39 is 0 Å². The van der Waals surface area contributed by atoms with E-state index in [0.717, 1.165) is 14.9 Å². The Labute approximate surface area is 124 Å². The molecule has 0 fully saturated rings. The lowest BCUT2D eigenvalue weighted by atomic mass is 10.2. The standard InChI is InChI=1S/C14H13BrN2OS/c1-17(9-11-4-6-16-7-5-11)14(18)3-2-13-8-12(15)10-19-13/h2-8,10H,9H2,1H3. The lowest BCUT2D eigenvalue weighted by molar-refractivity contribution is -0.125. The molecule has 2 rings (SSSR count). The van der Waals surface area contributed by atoms with Gasteiger partial charge in [-0.2, -0.15) is 0 Å². The van der Waals surface area contributed by atoms with E-state index in [2.05, 4.69) is 20.9 Å². The van der Waals surface area contributed by atoms with Crippen molar-refractivity contribution in [3.63, 3.8) is 0 Å². The zero-order chi connectivity index (χ0) is 13.7. The molecule has 0 unspecified atom stereocenters. The molecule has 0 radical (unpaired) electrons. The quantitative estimate of drug-likeness (QED) is 0.799. The number of nitrogens with zero attached hydrogens (tertiary/aromatic N) is 2. The number of hydrogen-bond donors (Lipinski definition) is 0. The van der Waals surface area contributed by atoms with Gasteiger partial charge in [-0.3, -0.25) is 9.78 Å². The maximum absolute atomic E-state index is 11.9. The van der Waals surface area contributed by atoms with Crippen molar-refractivity contribution in [3.05, 3.63) is 57.0 Å². The largest absolute Gasteiger partial charge is 0.338 e. The number of carbonyl (C=O) groups is 1. The van der Waals surface area contributed by atoms with Crippen molar-refractivity contribution in [2.75, 3.05) is 7.05 Å². The minimum absolute atomic E-state index is 0.0127. The Balaban J connectivity index is 1.94. The number of halogens is 1. The van der Waals surface area contributed by atoms with E-state index in [1.54, 1.807) is 41.8 Å². The first-order valence-electron chi connectivity index (χ1n) is 5.71. The first-order valence-corrected chi connectivity index (χ1v) is 7.38. The van der Waals surface area contributed by atoms with E-state index in [4.69, 9.17) is 0 Å². The first-order chi connectivity index (χ1) is 9.15. The molecule has 3 nitrogen and oxygen atoms in total. The molecule has 0 aliphatic carbocycles. The van der Waals surface area contributed by atoms with Crippen LogP contribution in [0.25, 0.3) is 6.08 Å². The number of amides is 1. The fourth-order valence-corrected chi connectivity index (χ4v) is 2.87. The van der Waals surface area contributed by atoms with Crippen LogP contribution < -0.4 is 0 Å². The van der Waals surface area contributed by atoms with Crippen LogP contribution in [0.4, 0.5) is 0 Å². The van der Waals surface area contributed by atoms with Gasteiger partial charge in [-0.05, 0) is 45.8 Å². The normalized spacial score (nSPS) is 10.8. The van der Waals surface area contributed by atoms with Gasteiger partial charge in [0.1, 0.15) is 0 Å². The number of thiophene rings is 1. The lowest BCUT2D eigenvalue weighted by Gasteiger charge is -2.14. The molecule has 2 aromatic heterocycles. The van der Waals surface area contributed by atoms with E-state index in [1.807, 2.05) is 29.7 Å². The molecule has 2 aromatic rings. The van der Waals surface area contributed by atoms with E-state index >= 15 is 0 Å². The summed E-state index contributed by atoms with van der Waals surface area (Å²) >= 11 is 4.98. The molecule has 0 aliphatic heterocycles. The number of pyridine rings is 1. The van der Waals surface area contributed by atoms with Crippen molar-refractivity contribution in [2.45, 2.75) is 6.54 Å². The molecule has 5 heteroatoms. The number of aromatic nitrogens is 1. The van der Waals surface area contributed by atoms with Gasteiger partial charge < -0.3 is 4.90 Å². The minimum Gasteiger partial charge on any atom is -0.338 e. The SMILES string of the molecule is CN(Cc1ccncc1)C(=O)C=Cc1cc(Br)cs1. The molecule has 98 valence electrons. The molecule has 0 N–H and O–H groups in total. The number of rotatable bonds is 4. The van der Waals surface area contributed by atoms with E-state index in [-0.39, 0.29) is 5.91 Å². The molecular weight excluding hydrogens is 324 g/mol. The molecule has 0 spiro atoms. The Hall–Kier alpha value is -1.46. The molecular formula is C14H13BrN2OS. The third kappa shape index (κ3) is 4.29. The summed E-state index contributed by atoms with van der Waals surface area (Å²) in [6.07, 6.45) is 6.89. The average Bonchev–Trinajstić information content (AvgIpc) is 2.83. The topological polar surface area (TPSA) is 33.2 Å². The van der Waals surface area contributed by atoms with Crippen molar-refractivity contribution in [1.82, 2.24) is 9.88 Å². The van der Waals surface area contributed by atoms with Gasteiger partial charge in [-0.25, -0.2) is 0 Å². The van der Waals surface area contributed by atoms with Crippen LogP contribution in [0.3, 0.4) is 0 Å². The van der Waals surface area contributed by atoms with Crippen LogP contribution in [0, 0.1) is 0 Å². The molecule has 1 amide bonds. The molecule has 0 atom stereocenters. The summed E-state index contributed by atoms with van der Waals surface area (Å²) in [7, 11) is 1.79. The van der Waals surface area contributed by atoms with Gasteiger partial charge in [0.15, 0.2) is 0 Å². The monoisotopic (exact) mass is 336 g/mol. The summed E-state index contributed by atoms with van der Waals surface area (Å²) in [5.41, 5.74) is 1.07. The second kappa shape index (κ2) is 6.63. The zero-order valence-corrected chi connectivity index (χ0v) is 12.8. The Morgan fingerprint density at radius 3 is 2.84 bits per heavy atom. The predicted octanol–water partition coefficient (Wildman–Crippen LogP) is 3.58. The summed E-state index contributed by atoms with van der Waals surface area (Å²) < 4.78 is 1.04. The molecule has 19 heavy (non-hydrogen) atoms. The maximum atomic E-state index is 11.9. The average molecular weight is 337 g/mol. The van der Waals surface area contributed by atoms with Crippen LogP contribution in [0.5, 0.6) is 0 Å². The number of carbonyl (C=O) groups excluding carboxylic acids is 1. The van der Waals surface area contributed by atoms with Gasteiger partial charge in [-0.15, -0.1) is 11.3 Å². The molecule has 0 aromatic carbocycles. The van der Waals surface area contributed by atoms with Gasteiger partial charge in [-0.1, -0.05) is 0 Å². The highest BCUT2D eigenvalue weighted by Gasteiger charge is 2.05. The summed E-state index contributed by atoms with van der Waals surface area (Å²) in [5.74, 6) is -0.0127. The van der Waals surface area contributed by atoms with Crippen LogP contribution in [0.1, 0.15) is 10.4 Å². The lowest BCUT2D eigenvalue weighted by Crippen LogP contribution is -2.24. The van der Waals surface area contributed by atoms with Gasteiger partial charge >= 0.3 is 0 Å². The summed E-state index contributed by atoms with van der Waals surface area (Å²) in [6.45, 7) is 0.583. The first kappa shape index (κ1) is 14.0. The highest BCUT2D eigenvalue weighted by Crippen LogP contribution is 2.20. The summed E-state index contributed by atoms with van der Waals surface area (Å²) in [6, 6.07) is 5.80. The second-order valence-corrected chi connectivity index (χ2v) is 5.91. The van der Waals surface area contributed by atoms with Crippen LogP contribution in [-0.4, -0.2) is 22.8 Å². The Kier molecular flexibility index (Phi) is 4.87. The fourth-order valence-electron chi connectivity index (χ4n) is 1.54. The van der Waals surface area contributed by atoms with Crippen LogP contribution >= 0.6 is 27.3 Å². The van der Waals surface area contributed by atoms with Gasteiger partial charge in [0.25, 0.3) is 0 Å².